The van der Waals surface area contributed by atoms with E-state index in [1.165, 1.54) is 0 Å². The third kappa shape index (κ3) is 3.95. The van der Waals surface area contributed by atoms with Crippen molar-refractivity contribution >= 4 is 5.78 Å². The lowest BCUT2D eigenvalue weighted by Gasteiger charge is -2.29. The third-order valence-electron chi connectivity index (χ3n) is 6.06. The standard InChI is InChI=1S/C20H32O3/c1-5-6-8-14(3)20(4,23)10-7-9-15-16-11-13(2)19(22)17(16)12-18(15)21/h7,9,14-18,21,23H,2,5-6,8,10-12H2,1,3-4H3/b9-7+/t14?,15-,16-,17-,18+,20?/m0/s1. The van der Waals surface area contributed by atoms with E-state index < -0.39 is 11.7 Å². The van der Waals surface area contributed by atoms with Crippen LogP contribution in [0, 0.1) is 23.7 Å². The fourth-order valence-corrected chi connectivity index (χ4v) is 4.13. The highest BCUT2D eigenvalue weighted by Gasteiger charge is 2.49. The van der Waals surface area contributed by atoms with Gasteiger partial charge in [0.05, 0.1) is 11.7 Å². The molecule has 0 aromatic heterocycles. The summed E-state index contributed by atoms with van der Waals surface area (Å²) in [6, 6.07) is 0. The summed E-state index contributed by atoms with van der Waals surface area (Å²) in [6.45, 7) is 10.0. The smallest absolute Gasteiger partial charge is 0.161 e. The molecule has 2 N–H and O–H groups in total. The van der Waals surface area contributed by atoms with Crippen LogP contribution in [0.4, 0.5) is 0 Å². The first-order valence-electron chi connectivity index (χ1n) is 9.07. The molecule has 2 fully saturated rings. The van der Waals surface area contributed by atoms with Gasteiger partial charge >= 0.3 is 0 Å². The molecule has 2 unspecified atom stereocenters. The van der Waals surface area contributed by atoms with E-state index in [0.717, 1.165) is 19.3 Å². The Kier molecular flexibility index (Phi) is 5.85. The number of hydrogen-bond donors (Lipinski definition) is 2. The number of rotatable bonds is 7. The monoisotopic (exact) mass is 320 g/mol. The molecule has 3 heteroatoms. The van der Waals surface area contributed by atoms with Crippen molar-refractivity contribution in [2.24, 2.45) is 23.7 Å². The van der Waals surface area contributed by atoms with Crippen molar-refractivity contribution in [1.29, 1.82) is 0 Å². The summed E-state index contributed by atoms with van der Waals surface area (Å²) < 4.78 is 0. The summed E-state index contributed by atoms with van der Waals surface area (Å²) >= 11 is 0. The van der Waals surface area contributed by atoms with E-state index >= 15 is 0 Å². The number of unbranched alkanes of at least 4 members (excludes halogenated alkanes) is 1. The number of carbonyl (C=O) groups excluding carboxylic acids is 1. The van der Waals surface area contributed by atoms with Crippen LogP contribution in [0.25, 0.3) is 0 Å². The van der Waals surface area contributed by atoms with Crippen molar-refractivity contribution in [2.45, 2.75) is 71.0 Å². The molecule has 2 aliphatic carbocycles. The van der Waals surface area contributed by atoms with Crippen molar-refractivity contribution in [3.05, 3.63) is 24.3 Å². The molecule has 0 aliphatic heterocycles. The molecular weight excluding hydrogens is 288 g/mol. The molecule has 3 nitrogen and oxygen atoms in total. The van der Waals surface area contributed by atoms with Gasteiger partial charge in [-0.3, -0.25) is 4.79 Å². The van der Waals surface area contributed by atoms with Crippen LogP contribution in [0.1, 0.15) is 59.3 Å². The summed E-state index contributed by atoms with van der Waals surface area (Å²) in [5.41, 5.74) is -0.00512. The van der Waals surface area contributed by atoms with Crippen molar-refractivity contribution in [1.82, 2.24) is 0 Å². The highest BCUT2D eigenvalue weighted by Crippen LogP contribution is 2.48. The maximum Gasteiger partial charge on any atom is 0.161 e. The van der Waals surface area contributed by atoms with E-state index in [-0.39, 0.29) is 29.5 Å². The fourth-order valence-electron chi connectivity index (χ4n) is 4.13. The zero-order valence-corrected chi connectivity index (χ0v) is 14.8. The Morgan fingerprint density at radius 1 is 1.48 bits per heavy atom. The largest absolute Gasteiger partial charge is 0.392 e. The number of hydrogen-bond acceptors (Lipinski definition) is 3. The predicted molar refractivity (Wildman–Crippen MR) is 92.9 cm³/mol. The Bertz CT molecular complexity index is 477. The molecule has 2 saturated carbocycles. The van der Waals surface area contributed by atoms with Crippen LogP contribution in [-0.4, -0.2) is 27.7 Å². The van der Waals surface area contributed by atoms with E-state index in [9.17, 15) is 15.0 Å². The van der Waals surface area contributed by atoms with Gasteiger partial charge in [0.1, 0.15) is 0 Å². The zero-order chi connectivity index (χ0) is 17.2. The molecule has 0 saturated heterocycles. The van der Waals surface area contributed by atoms with Gasteiger partial charge in [-0.15, -0.1) is 0 Å². The van der Waals surface area contributed by atoms with Crippen molar-refractivity contribution < 1.29 is 15.0 Å². The van der Waals surface area contributed by atoms with Gasteiger partial charge in [0.25, 0.3) is 0 Å². The van der Waals surface area contributed by atoms with Crippen LogP contribution in [0.3, 0.4) is 0 Å². The van der Waals surface area contributed by atoms with Gasteiger partial charge in [-0.1, -0.05) is 45.4 Å². The maximum absolute atomic E-state index is 12.0. The fraction of sp³-hybridized carbons (Fsp3) is 0.750. The van der Waals surface area contributed by atoms with Crippen LogP contribution in [0.15, 0.2) is 24.3 Å². The van der Waals surface area contributed by atoms with Crippen LogP contribution in [0.5, 0.6) is 0 Å². The Labute approximate surface area is 140 Å². The Morgan fingerprint density at radius 3 is 2.83 bits per heavy atom. The van der Waals surface area contributed by atoms with E-state index in [1.54, 1.807) is 0 Å². The van der Waals surface area contributed by atoms with E-state index in [2.05, 4.69) is 20.4 Å². The SMILES string of the molecule is C=C1C[C@H]2[C@H](/C=C/CC(C)(O)C(C)CCCC)[C@H](O)C[C@@H]2C1=O. The average molecular weight is 320 g/mol. The number of aliphatic hydroxyl groups is 2. The molecule has 0 aromatic rings. The molecule has 130 valence electrons. The number of carbonyl (C=O) groups is 1. The summed E-state index contributed by atoms with van der Waals surface area (Å²) in [7, 11) is 0. The molecule has 2 aliphatic rings. The molecule has 0 bridgehead atoms. The number of fused-ring (bicyclic) bond motifs is 1. The molecule has 6 atom stereocenters. The van der Waals surface area contributed by atoms with Crippen LogP contribution >= 0.6 is 0 Å². The lowest BCUT2D eigenvalue weighted by molar-refractivity contribution is -0.118. The molecule has 0 radical (unpaired) electrons. The van der Waals surface area contributed by atoms with Crippen molar-refractivity contribution in [2.75, 3.05) is 0 Å². The normalized spacial score (nSPS) is 34.8. The Balaban J connectivity index is 1.94. The van der Waals surface area contributed by atoms with Gasteiger partial charge in [-0.2, -0.15) is 0 Å². The second kappa shape index (κ2) is 7.31. The summed E-state index contributed by atoms with van der Waals surface area (Å²) in [6.07, 6.45) is 8.75. The topological polar surface area (TPSA) is 57.5 Å². The maximum atomic E-state index is 12.0. The second-order valence-corrected chi connectivity index (χ2v) is 7.86. The van der Waals surface area contributed by atoms with Gasteiger partial charge in [0.15, 0.2) is 5.78 Å². The number of allylic oxidation sites excluding steroid dienone is 1. The Hall–Kier alpha value is -0.930. The average Bonchev–Trinajstić information content (AvgIpc) is 2.94. The number of aliphatic hydroxyl groups excluding tert-OH is 1. The molecule has 0 aromatic carbocycles. The molecule has 0 spiro atoms. The first-order chi connectivity index (χ1) is 10.8. The molecule has 0 amide bonds. The summed E-state index contributed by atoms with van der Waals surface area (Å²) in [4.78, 5) is 12.0. The van der Waals surface area contributed by atoms with Crippen LogP contribution in [0.2, 0.25) is 0 Å². The van der Waals surface area contributed by atoms with Gasteiger partial charge in [-0.05, 0) is 50.0 Å². The first-order valence-corrected chi connectivity index (χ1v) is 9.07. The lowest BCUT2D eigenvalue weighted by Crippen LogP contribution is -2.32. The number of ketones is 1. The summed E-state index contributed by atoms with van der Waals surface area (Å²) in [5.74, 6) is 0.566. The molecular formula is C20H32O3. The van der Waals surface area contributed by atoms with Gasteiger partial charge in [0.2, 0.25) is 0 Å². The predicted octanol–water partition coefficient (Wildman–Crippen LogP) is 3.65. The molecule has 2 rings (SSSR count). The van der Waals surface area contributed by atoms with Crippen molar-refractivity contribution in [3.8, 4) is 0 Å². The van der Waals surface area contributed by atoms with Crippen LogP contribution in [-0.2, 0) is 4.79 Å². The van der Waals surface area contributed by atoms with Gasteiger partial charge < -0.3 is 10.2 Å². The Morgan fingerprint density at radius 2 is 2.17 bits per heavy atom. The van der Waals surface area contributed by atoms with Crippen LogP contribution < -0.4 is 0 Å². The minimum Gasteiger partial charge on any atom is -0.392 e. The van der Waals surface area contributed by atoms with E-state index in [0.29, 0.717) is 24.8 Å². The lowest BCUT2D eigenvalue weighted by atomic mass is 9.83. The first kappa shape index (κ1) is 18.4. The molecule has 23 heavy (non-hydrogen) atoms. The highest BCUT2D eigenvalue weighted by molar-refractivity contribution is 5.99. The quantitative estimate of drug-likeness (QED) is 0.556. The summed E-state index contributed by atoms with van der Waals surface area (Å²) in [5, 5.41) is 20.9. The number of Topliss-reactive ketones (excluding diaryl/α,β-unsaturated/α-hetero) is 1. The highest BCUT2D eigenvalue weighted by atomic mass is 16.3. The minimum atomic E-state index is -0.719. The van der Waals surface area contributed by atoms with Gasteiger partial charge in [-0.25, -0.2) is 0 Å². The third-order valence-corrected chi connectivity index (χ3v) is 6.06. The molecule has 0 heterocycles. The van der Waals surface area contributed by atoms with E-state index in [1.807, 2.05) is 19.1 Å². The van der Waals surface area contributed by atoms with E-state index in [4.69, 9.17) is 0 Å². The zero-order valence-electron chi connectivity index (χ0n) is 14.8. The minimum absolute atomic E-state index is 0.0185. The second-order valence-electron chi connectivity index (χ2n) is 7.86. The van der Waals surface area contributed by atoms with Gasteiger partial charge in [0, 0.05) is 11.8 Å². The van der Waals surface area contributed by atoms with Crippen molar-refractivity contribution in [3.63, 3.8) is 0 Å².